The number of aliphatic carboxylic acids is 1. The van der Waals surface area contributed by atoms with Gasteiger partial charge in [-0.2, -0.15) is 0 Å². The first-order valence-corrected chi connectivity index (χ1v) is 5.74. The van der Waals surface area contributed by atoms with Crippen LogP contribution in [-0.2, 0) is 14.3 Å². The lowest BCUT2D eigenvalue weighted by Gasteiger charge is -2.37. The molecule has 2 unspecified atom stereocenters. The van der Waals surface area contributed by atoms with Crippen molar-refractivity contribution in [3.05, 3.63) is 34.9 Å². The number of hydrogen-bond acceptors (Lipinski definition) is 3. The Morgan fingerprint density at radius 1 is 1.50 bits per heavy atom. The van der Waals surface area contributed by atoms with Crippen LogP contribution in [0.2, 0.25) is 5.02 Å². The molecular weight excluding hydrogens is 258 g/mol. The van der Waals surface area contributed by atoms with E-state index in [-0.39, 0.29) is 12.5 Å². The molecule has 1 saturated heterocycles. The van der Waals surface area contributed by atoms with Crippen molar-refractivity contribution in [2.24, 2.45) is 0 Å². The van der Waals surface area contributed by atoms with E-state index in [1.807, 2.05) is 0 Å². The molecule has 0 radical (unpaired) electrons. The van der Waals surface area contributed by atoms with Crippen LogP contribution in [0.1, 0.15) is 11.6 Å². The van der Waals surface area contributed by atoms with Gasteiger partial charge in [0.2, 0.25) is 5.91 Å². The maximum atomic E-state index is 11.6. The van der Waals surface area contributed by atoms with Gasteiger partial charge < -0.3 is 14.7 Å². The molecule has 1 aromatic rings. The minimum atomic E-state index is -1.11. The number of morpholine rings is 1. The van der Waals surface area contributed by atoms with E-state index in [2.05, 4.69) is 0 Å². The summed E-state index contributed by atoms with van der Waals surface area (Å²) in [5.74, 6) is -1.38. The smallest absolute Gasteiger partial charge is 0.335 e. The molecule has 0 aliphatic carbocycles. The van der Waals surface area contributed by atoms with Crippen LogP contribution in [0.5, 0.6) is 0 Å². The van der Waals surface area contributed by atoms with Gasteiger partial charge in [0.15, 0.2) is 6.10 Å². The summed E-state index contributed by atoms with van der Waals surface area (Å²) in [4.78, 5) is 24.2. The monoisotopic (exact) mass is 269 g/mol. The van der Waals surface area contributed by atoms with Crippen LogP contribution in [-0.4, -0.2) is 41.6 Å². The molecular formula is C12H12ClNO4. The first-order chi connectivity index (χ1) is 8.52. The van der Waals surface area contributed by atoms with Crippen molar-refractivity contribution >= 4 is 23.5 Å². The Bertz CT molecular complexity index is 491. The quantitative estimate of drug-likeness (QED) is 0.879. The number of carbonyl (C=O) groups is 2. The zero-order valence-corrected chi connectivity index (χ0v) is 10.4. The number of carboxylic acid groups (broad SMARTS) is 1. The second kappa shape index (κ2) is 4.96. The highest BCUT2D eigenvalue weighted by Crippen LogP contribution is 2.33. The van der Waals surface area contributed by atoms with Crippen molar-refractivity contribution in [3.8, 4) is 0 Å². The van der Waals surface area contributed by atoms with Gasteiger partial charge in [-0.1, -0.05) is 29.8 Å². The molecule has 1 aromatic carbocycles. The highest BCUT2D eigenvalue weighted by molar-refractivity contribution is 6.31. The summed E-state index contributed by atoms with van der Waals surface area (Å²) >= 11 is 6.05. The van der Waals surface area contributed by atoms with Crippen molar-refractivity contribution in [2.45, 2.75) is 12.1 Å². The average Bonchev–Trinajstić information content (AvgIpc) is 2.33. The number of hydrogen-bond donors (Lipinski definition) is 1. The van der Waals surface area contributed by atoms with Crippen molar-refractivity contribution in [3.63, 3.8) is 0 Å². The predicted molar refractivity (Wildman–Crippen MR) is 64.3 cm³/mol. The van der Waals surface area contributed by atoms with Gasteiger partial charge in [0.25, 0.3) is 0 Å². The van der Waals surface area contributed by atoms with Crippen LogP contribution in [0.3, 0.4) is 0 Å². The molecule has 1 heterocycles. The van der Waals surface area contributed by atoms with E-state index < -0.39 is 18.1 Å². The molecule has 2 atom stereocenters. The third-order valence-electron chi connectivity index (χ3n) is 2.95. The van der Waals surface area contributed by atoms with Crippen LogP contribution in [0, 0.1) is 0 Å². The lowest BCUT2D eigenvalue weighted by atomic mass is 9.98. The summed E-state index contributed by atoms with van der Waals surface area (Å²) in [7, 11) is 1.55. The SMILES string of the molecule is CN1C(=O)COC(C(=O)O)C1c1ccccc1Cl. The zero-order chi connectivity index (χ0) is 13.3. The number of rotatable bonds is 2. The Morgan fingerprint density at radius 2 is 2.17 bits per heavy atom. The molecule has 1 aliphatic rings. The molecule has 1 aliphatic heterocycles. The Hall–Kier alpha value is -1.59. The highest BCUT2D eigenvalue weighted by atomic mass is 35.5. The number of amides is 1. The summed E-state index contributed by atoms with van der Waals surface area (Å²) < 4.78 is 5.09. The standard InChI is InChI=1S/C12H12ClNO4/c1-14-9(15)6-18-11(12(16)17)10(14)7-4-2-3-5-8(7)13/h2-5,10-11H,6H2,1H3,(H,16,17). The molecule has 1 fully saturated rings. The van der Waals surface area contributed by atoms with E-state index in [0.717, 1.165) is 0 Å². The Balaban J connectivity index is 2.44. The first-order valence-electron chi connectivity index (χ1n) is 5.37. The summed E-state index contributed by atoms with van der Waals surface area (Å²) in [5, 5.41) is 9.57. The number of carbonyl (C=O) groups excluding carboxylic acids is 1. The average molecular weight is 270 g/mol. The third kappa shape index (κ3) is 2.19. The lowest BCUT2D eigenvalue weighted by molar-refractivity contribution is -0.171. The van der Waals surface area contributed by atoms with Crippen molar-refractivity contribution in [1.82, 2.24) is 4.90 Å². The summed E-state index contributed by atoms with van der Waals surface area (Å²) in [6.45, 7) is -0.228. The fraction of sp³-hybridized carbons (Fsp3) is 0.333. The number of ether oxygens (including phenoxy) is 1. The van der Waals surface area contributed by atoms with Crippen LogP contribution in [0.15, 0.2) is 24.3 Å². The van der Waals surface area contributed by atoms with E-state index in [1.54, 1.807) is 31.3 Å². The molecule has 0 bridgehead atoms. The predicted octanol–water partition coefficient (Wildman–Crippen LogP) is 1.32. The minimum absolute atomic E-state index is 0.228. The van der Waals surface area contributed by atoms with E-state index in [1.165, 1.54) is 4.90 Å². The van der Waals surface area contributed by atoms with Crippen molar-refractivity contribution < 1.29 is 19.4 Å². The van der Waals surface area contributed by atoms with Gasteiger partial charge in [-0.25, -0.2) is 4.79 Å². The van der Waals surface area contributed by atoms with Gasteiger partial charge in [0, 0.05) is 12.1 Å². The summed E-state index contributed by atoms with van der Waals surface area (Å²) in [6.07, 6.45) is -1.10. The largest absolute Gasteiger partial charge is 0.479 e. The van der Waals surface area contributed by atoms with Crippen LogP contribution >= 0.6 is 11.6 Å². The Labute approximate surface area is 109 Å². The van der Waals surface area contributed by atoms with Gasteiger partial charge in [-0.05, 0) is 11.6 Å². The van der Waals surface area contributed by atoms with E-state index >= 15 is 0 Å². The molecule has 6 heteroatoms. The molecule has 1 N–H and O–H groups in total. The molecule has 96 valence electrons. The Morgan fingerprint density at radius 3 is 2.78 bits per heavy atom. The van der Waals surface area contributed by atoms with Gasteiger partial charge >= 0.3 is 5.97 Å². The van der Waals surface area contributed by atoms with Crippen LogP contribution in [0.4, 0.5) is 0 Å². The normalized spacial score (nSPS) is 24.1. The Kier molecular flexibility index (Phi) is 3.54. The molecule has 1 amide bonds. The number of halogens is 1. The molecule has 5 nitrogen and oxygen atoms in total. The number of likely N-dealkylation sites (N-methyl/N-ethyl adjacent to an activating group) is 1. The topological polar surface area (TPSA) is 66.8 Å². The summed E-state index contributed by atoms with van der Waals surface area (Å²) in [5.41, 5.74) is 0.571. The van der Waals surface area contributed by atoms with Gasteiger partial charge in [0.05, 0.1) is 6.04 Å². The highest BCUT2D eigenvalue weighted by Gasteiger charge is 2.40. The molecule has 2 rings (SSSR count). The minimum Gasteiger partial charge on any atom is -0.479 e. The van der Waals surface area contributed by atoms with Crippen molar-refractivity contribution in [1.29, 1.82) is 0 Å². The number of benzene rings is 1. The van der Waals surface area contributed by atoms with E-state index in [0.29, 0.717) is 10.6 Å². The van der Waals surface area contributed by atoms with Gasteiger partial charge in [-0.3, -0.25) is 4.79 Å². The maximum Gasteiger partial charge on any atom is 0.335 e. The molecule has 0 aromatic heterocycles. The number of nitrogens with zero attached hydrogens (tertiary/aromatic N) is 1. The second-order valence-corrected chi connectivity index (χ2v) is 4.45. The van der Waals surface area contributed by atoms with Gasteiger partial charge in [0.1, 0.15) is 6.61 Å². The molecule has 0 spiro atoms. The van der Waals surface area contributed by atoms with Gasteiger partial charge in [-0.15, -0.1) is 0 Å². The van der Waals surface area contributed by atoms with Crippen molar-refractivity contribution in [2.75, 3.05) is 13.7 Å². The van der Waals surface area contributed by atoms with Crippen LogP contribution in [0.25, 0.3) is 0 Å². The zero-order valence-electron chi connectivity index (χ0n) is 9.67. The third-order valence-corrected chi connectivity index (χ3v) is 3.30. The van der Waals surface area contributed by atoms with Crippen LogP contribution < -0.4 is 0 Å². The first kappa shape index (κ1) is 12.9. The fourth-order valence-corrected chi connectivity index (χ4v) is 2.25. The van der Waals surface area contributed by atoms with E-state index in [4.69, 9.17) is 21.4 Å². The maximum absolute atomic E-state index is 11.6. The molecule has 18 heavy (non-hydrogen) atoms. The molecule has 0 saturated carbocycles. The summed E-state index contributed by atoms with van der Waals surface area (Å²) in [6, 6.07) is 6.13. The second-order valence-electron chi connectivity index (χ2n) is 4.04. The fourth-order valence-electron chi connectivity index (χ4n) is 2.01. The van der Waals surface area contributed by atoms with E-state index in [9.17, 15) is 9.59 Å². The number of carboxylic acids is 1. The lowest BCUT2D eigenvalue weighted by Crippen LogP contribution is -2.50.